The molecule has 0 radical (unpaired) electrons. The SMILES string of the molecule is O=C(CCc1ccccc1)NCCNC(=O)c1ccccc1C(=O)O. The third kappa shape index (κ3) is 5.76. The molecule has 0 aromatic heterocycles. The Balaban J connectivity index is 1.71. The molecule has 0 saturated carbocycles. The molecule has 0 spiro atoms. The van der Waals surface area contributed by atoms with Crippen LogP contribution < -0.4 is 10.6 Å². The molecule has 2 aromatic rings. The first-order valence-electron chi connectivity index (χ1n) is 7.99. The standard InChI is InChI=1S/C19H20N2O4/c22-17(11-10-14-6-2-1-3-7-14)20-12-13-21-18(23)15-8-4-5-9-16(15)19(24)25/h1-9H,10-13H2,(H,20,22)(H,21,23)(H,24,25). The Morgan fingerprint density at radius 1 is 0.800 bits per heavy atom. The first kappa shape index (κ1) is 18.2. The molecule has 25 heavy (non-hydrogen) atoms. The monoisotopic (exact) mass is 340 g/mol. The predicted octanol–water partition coefficient (Wildman–Crippen LogP) is 1.86. The van der Waals surface area contributed by atoms with Crippen LogP contribution in [0, 0.1) is 0 Å². The average molecular weight is 340 g/mol. The highest BCUT2D eigenvalue weighted by Gasteiger charge is 2.15. The van der Waals surface area contributed by atoms with Crippen molar-refractivity contribution in [3.05, 3.63) is 71.3 Å². The number of amides is 2. The van der Waals surface area contributed by atoms with E-state index in [1.807, 2.05) is 30.3 Å². The number of carboxylic acid groups (broad SMARTS) is 1. The molecule has 0 bridgehead atoms. The van der Waals surface area contributed by atoms with Gasteiger partial charge >= 0.3 is 5.97 Å². The van der Waals surface area contributed by atoms with Gasteiger partial charge in [0, 0.05) is 19.5 Å². The molecule has 2 rings (SSSR count). The van der Waals surface area contributed by atoms with E-state index in [0.717, 1.165) is 5.56 Å². The summed E-state index contributed by atoms with van der Waals surface area (Å²) in [6, 6.07) is 15.7. The van der Waals surface area contributed by atoms with Gasteiger partial charge in [-0.2, -0.15) is 0 Å². The van der Waals surface area contributed by atoms with E-state index in [0.29, 0.717) is 12.8 Å². The van der Waals surface area contributed by atoms with Gasteiger partial charge in [0.05, 0.1) is 11.1 Å². The first-order chi connectivity index (χ1) is 12.1. The van der Waals surface area contributed by atoms with Gasteiger partial charge in [-0.25, -0.2) is 4.79 Å². The van der Waals surface area contributed by atoms with Crippen LogP contribution in [0.5, 0.6) is 0 Å². The van der Waals surface area contributed by atoms with Gasteiger partial charge in [-0.05, 0) is 24.1 Å². The Bertz CT molecular complexity index is 744. The van der Waals surface area contributed by atoms with Gasteiger partial charge in [-0.1, -0.05) is 42.5 Å². The summed E-state index contributed by atoms with van der Waals surface area (Å²) in [6.45, 7) is 0.512. The van der Waals surface area contributed by atoms with Crippen molar-refractivity contribution in [3.8, 4) is 0 Å². The maximum atomic E-state index is 12.0. The Labute approximate surface area is 145 Å². The van der Waals surface area contributed by atoms with Crippen LogP contribution >= 0.6 is 0 Å². The molecule has 0 unspecified atom stereocenters. The number of nitrogens with one attached hydrogen (secondary N) is 2. The third-order valence-electron chi connectivity index (χ3n) is 3.62. The molecule has 0 fully saturated rings. The summed E-state index contributed by atoms with van der Waals surface area (Å²) in [5.41, 5.74) is 1.15. The number of aryl methyl sites for hydroxylation is 1. The Kier molecular flexibility index (Phi) is 6.71. The van der Waals surface area contributed by atoms with Gasteiger partial charge in [-0.15, -0.1) is 0 Å². The zero-order valence-corrected chi connectivity index (χ0v) is 13.7. The molecular weight excluding hydrogens is 320 g/mol. The van der Waals surface area contributed by atoms with Crippen molar-refractivity contribution in [3.63, 3.8) is 0 Å². The number of hydrogen-bond acceptors (Lipinski definition) is 3. The maximum absolute atomic E-state index is 12.0. The number of carboxylic acids is 1. The molecule has 6 nitrogen and oxygen atoms in total. The summed E-state index contributed by atoms with van der Waals surface area (Å²) in [5, 5.41) is 14.4. The van der Waals surface area contributed by atoms with E-state index >= 15 is 0 Å². The molecule has 0 aliphatic rings. The summed E-state index contributed by atoms with van der Waals surface area (Å²) in [7, 11) is 0. The Morgan fingerprint density at radius 3 is 2.08 bits per heavy atom. The summed E-state index contributed by atoms with van der Waals surface area (Å²) in [5.74, 6) is -1.72. The van der Waals surface area contributed by atoms with Gasteiger partial charge in [0.2, 0.25) is 5.91 Å². The van der Waals surface area contributed by atoms with Crippen molar-refractivity contribution < 1.29 is 19.5 Å². The van der Waals surface area contributed by atoms with E-state index in [1.165, 1.54) is 12.1 Å². The fourth-order valence-corrected chi connectivity index (χ4v) is 2.33. The van der Waals surface area contributed by atoms with E-state index in [2.05, 4.69) is 10.6 Å². The van der Waals surface area contributed by atoms with Crippen molar-refractivity contribution in [2.24, 2.45) is 0 Å². The molecule has 130 valence electrons. The van der Waals surface area contributed by atoms with Gasteiger partial charge in [0.1, 0.15) is 0 Å². The quantitative estimate of drug-likeness (QED) is 0.639. The molecule has 0 aliphatic heterocycles. The zero-order valence-electron chi connectivity index (χ0n) is 13.7. The van der Waals surface area contributed by atoms with E-state index in [-0.39, 0.29) is 30.1 Å². The first-order valence-corrected chi connectivity index (χ1v) is 7.99. The van der Waals surface area contributed by atoms with Crippen LogP contribution in [0.2, 0.25) is 0 Å². The smallest absolute Gasteiger partial charge is 0.336 e. The van der Waals surface area contributed by atoms with Gasteiger partial charge in [-0.3, -0.25) is 9.59 Å². The summed E-state index contributed by atoms with van der Waals surface area (Å²) in [4.78, 5) is 34.9. The predicted molar refractivity (Wildman–Crippen MR) is 93.5 cm³/mol. The number of carbonyl (C=O) groups is 3. The normalized spacial score (nSPS) is 10.1. The fraction of sp³-hybridized carbons (Fsp3) is 0.211. The fourth-order valence-electron chi connectivity index (χ4n) is 2.33. The number of hydrogen-bond donors (Lipinski definition) is 3. The molecular formula is C19H20N2O4. The van der Waals surface area contributed by atoms with Crippen molar-refractivity contribution in [1.82, 2.24) is 10.6 Å². The molecule has 0 aliphatic carbocycles. The van der Waals surface area contributed by atoms with Gasteiger partial charge < -0.3 is 15.7 Å². The topological polar surface area (TPSA) is 95.5 Å². The number of aromatic carboxylic acids is 1. The highest BCUT2D eigenvalue weighted by atomic mass is 16.4. The number of carbonyl (C=O) groups excluding carboxylic acids is 2. The van der Waals surface area contributed by atoms with Crippen molar-refractivity contribution >= 4 is 17.8 Å². The van der Waals surface area contributed by atoms with Crippen LogP contribution in [0.1, 0.15) is 32.7 Å². The lowest BCUT2D eigenvalue weighted by atomic mass is 10.1. The molecule has 0 atom stereocenters. The van der Waals surface area contributed by atoms with E-state index < -0.39 is 11.9 Å². The Hall–Kier alpha value is -3.15. The highest BCUT2D eigenvalue weighted by molar-refractivity contribution is 6.04. The van der Waals surface area contributed by atoms with Crippen LogP contribution in [0.25, 0.3) is 0 Å². The van der Waals surface area contributed by atoms with Crippen LogP contribution in [0.4, 0.5) is 0 Å². The highest BCUT2D eigenvalue weighted by Crippen LogP contribution is 2.08. The minimum Gasteiger partial charge on any atom is -0.478 e. The van der Waals surface area contributed by atoms with Crippen LogP contribution in [0.3, 0.4) is 0 Å². The zero-order chi connectivity index (χ0) is 18.1. The van der Waals surface area contributed by atoms with Gasteiger partial charge in [0.15, 0.2) is 0 Å². The number of rotatable bonds is 8. The lowest BCUT2D eigenvalue weighted by Crippen LogP contribution is -2.35. The van der Waals surface area contributed by atoms with Crippen LogP contribution in [0.15, 0.2) is 54.6 Å². The summed E-state index contributed by atoms with van der Waals surface area (Å²) >= 11 is 0. The third-order valence-corrected chi connectivity index (χ3v) is 3.62. The molecule has 2 aromatic carbocycles. The van der Waals surface area contributed by atoms with Crippen LogP contribution in [-0.4, -0.2) is 36.0 Å². The van der Waals surface area contributed by atoms with E-state index in [4.69, 9.17) is 5.11 Å². The van der Waals surface area contributed by atoms with E-state index in [1.54, 1.807) is 12.1 Å². The Morgan fingerprint density at radius 2 is 1.40 bits per heavy atom. The second kappa shape index (κ2) is 9.22. The average Bonchev–Trinajstić information content (AvgIpc) is 2.64. The van der Waals surface area contributed by atoms with Crippen molar-refractivity contribution in [2.45, 2.75) is 12.8 Å². The van der Waals surface area contributed by atoms with Crippen molar-refractivity contribution in [2.75, 3.05) is 13.1 Å². The molecule has 6 heteroatoms. The largest absolute Gasteiger partial charge is 0.478 e. The summed E-state index contributed by atoms with van der Waals surface area (Å²) in [6.07, 6.45) is 1.03. The van der Waals surface area contributed by atoms with Gasteiger partial charge in [0.25, 0.3) is 5.91 Å². The second-order valence-corrected chi connectivity index (χ2v) is 5.44. The van der Waals surface area contributed by atoms with Crippen molar-refractivity contribution in [1.29, 1.82) is 0 Å². The number of benzene rings is 2. The molecule has 0 heterocycles. The molecule has 3 N–H and O–H groups in total. The van der Waals surface area contributed by atoms with E-state index in [9.17, 15) is 14.4 Å². The minimum absolute atomic E-state index is 0.0492. The maximum Gasteiger partial charge on any atom is 0.336 e. The molecule has 2 amide bonds. The lowest BCUT2D eigenvalue weighted by molar-refractivity contribution is -0.121. The minimum atomic E-state index is -1.15. The lowest BCUT2D eigenvalue weighted by Gasteiger charge is -2.09. The molecule has 0 saturated heterocycles. The summed E-state index contributed by atoms with van der Waals surface area (Å²) < 4.78 is 0. The second-order valence-electron chi connectivity index (χ2n) is 5.44. The van der Waals surface area contributed by atoms with Crippen LogP contribution in [-0.2, 0) is 11.2 Å².